The molecule has 1 aromatic rings. The minimum Gasteiger partial charge on any atom is -0.258 e. The van der Waals surface area contributed by atoms with Crippen LogP contribution < -0.4 is 0 Å². The van der Waals surface area contributed by atoms with Crippen LogP contribution in [0.5, 0.6) is 0 Å². The van der Waals surface area contributed by atoms with Gasteiger partial charge >= 0.3 is 0 Å². The molecule has 115 valence electrons. The largest absolute Gasteiger partial charge is 0.258 e. The van der Waals surface area contributed by atoms with E-state index < -0.39 is 0 Å². The first-order chi connectivity index (χ1) is 10.2. The van der Waals surface area contributed by atoms with Gasteiger partial charge in [-0.3, -0.25) is 6.08 Å². The van der Waals surface area contributed by atoms with Crippen LogP contribution >= 0.6 is 0 Å². The smallest absolute Gasteiger partial charge is 0 e. The number of hydrogen-bond donors (Lipinski definition) is 0. The summed E-state index contributed by atoms with van der Waals surface area (Å²) in [6.07, 6.45) is 14.1. The summed E-state index contributed by atoms with van der Waals surface area (Å²) in [7, 11) is 0. The summed E-state index contributed by atoms with van der Waals surface area (Å²) in [6, 6.07) is 9.27. The second-order valence-corrected chi connectivity index (χ2v) is 6.39. The maximum atomic E-state index is 4.05. The molecule has 0 atom stereocenters. The van der Waals surface area contributed by atoms with E-state index in [1.807, 2.05) is 12.2 Å². The Morgan fingerprint density at radius 2 is 1.82 bits per heavy atom. The Balaban J connectivity index is 0.00000242. The minimum absolute atomic E-state index is 0. The van der Waals surface area contributed by atoms with Crippen LogP contribution in [0.2, 0.25) is 0 Å². The first kappa shape index (κ1) is 19.6. The molecule has 0 spiro atoms. The van der Waals surface area contributed by atoms with E-state index >= 15 is 0 Å². The van der Waals surface area contributed by atoms with Crippen LogP contribution in [0.25, 0.3) is 0 Å². The van der Waals surface area contributed by atoms with Crippen LogP contribution in [0.4, 0.5) is 0 Å². The van der Waals surface area contributed by atoms with Crippen molar-refractivity contribution in [2.75, 3.05) is 0 Å². The van der Waals surface area contributed by atoms with Gasteiger partial charge in [0.1, 0.15) is 0 Å². The molecule has 0 aromatic heterocycles. The number of benzene rings is 1. The van der Waals surface area contributed by atoms with E-state index in [0.29, 0.717) is 0 Å². The van der Waals surface area contributed by atoms with Gasteiger partial charge in [-0.05, 0) is 48.6 Å². The molecular formula is C21H27Y-. The zero-order chi connectivity index (χ0) is 15.1. The third-order valence-electron chi connectivity index (χ3n) is 4.64. The van der Waals surface area contributed by atoms with E-state index in [1.54, 1.807) is 0 Å². The molecule has 1 fully saturated rings. The van der Waals surface area contributed by atoms with E-state index in [1.165, 1.54) is 36.8 Å². The second-order valence-electron chi connectivity index (χ2n) is 6.39. The standard InChI is InChI=1S/C21H27.Y/c1-4-5-6-17(2)7-10-19-11-15-21(16-12-19)20-13-8-18(3)9-14-20;/h5-6,11-12,15-16,18,20H,1-2,7-10,13-14H2,3H3;/q-1;/b6-5-;. The van der Waals surface area contributed by atoms with E-state index in [9.17, 15) is 0 Å². The van der Waals surface area contributed by atoms with Crippen LogP contribution in [-0.4, -0.2) is 0 Å². The van der Waals surface area contributed by atoms with E-state index in [4.69, 9.17) is 0 Å². The number of rotatable bonds is 6. The average Bonchev–Trinajstić information content (AvgIpc) is 2.52. The molecule has 0 aliphatic heterocycles. The molecule has 0 heterocycles. The second kappa shape index (κ2) is 10.3. The van der Waals surface area contributed by atoms with Gasteiger partial charge in [0.15, 0.2) is 0 Å². The van der Waals surface area contributed by atoms with Gasteiger partial charge in [-0.15, -0.1) is 12.2 Å². The van der Waals surface area contributed by atoms with Crippen molar-refractivity contribution in [2.45, 2.75) is 51.4 Å². The van der Waals surface area contributed by atoms with E-state index in [2.05, 4.69) is 50.4 Å². The fourth-order valence-electron chi connectivity index (χ4n) is 3.11. The molecule has 0 saturated heterocycles. The Labute approximate surface area is 161 Å². The summed E-state index contributed by atoms with van der Waals surface area (Å²) in [4.78, 5) is 0. The minimum atomic E-state index is 0. The number of aryl methyl sites for hydroxylation is 1. The monoisotopic (exact) mass is 368 g/mol. The first-order valence-corrected chi connectivity index (χ1v) is 8.15. The Hall–Kier alpha value is -0.456. The summed E-state index contributed by atoms with van der Waals surface area (Å²) in [5, 5.41) is 0. The molecule has 22 heavy (non-hydrogen) atoms. The maximum absolute atomic E-state index is 4.05. The molecule has 0 unspecified atom stereocenters. The molecule has 1 aliphatic rings. The Kier molecular flexibility index (Phi) is 9.21. The van der Waals surface area contributed by atoms with Crippen molar-refractivity contribution in [3.8, 4) is 0 Å². The molecule has 0 nitrogen and oxygen atoms in total. The van der Waals surface area contributed by atoms with Crippen molar-refractivity contribution < 1.29 is 32.7 Å². The first-order valence-electron chi connectivity index (χ1n) is 8.15. The van der Waals surface area contributed by atoms with Gasteiger partial charge in [-0.2, -0.15) is 6.58 Å². The normalized spacial score (nSPS) is 21.3. The fraction of sp³-hybridized carbons (Fsp3) is 0.429. The molecule has 1 saturated carbocycles. The van der Waals surface area contributed by atoms with Gasteiger partial charge < -0.3 is 0 Å². The van der Waals surface area contributed by atoms with Crippen LogP contribution in [-0.2, 0) is 39.1 Å². The molecule has 0 N–H and O–H groups in total. The van der Waals surface area contributed by atoms with E-state index in [-0.39, 0.29) is 32.7 Å². The molecule has 2 rings (SSSR count). The van der Waals surface area contributed by atoms with E-state index in [0.717, 1.165) is 30.3 Å². The van der Waals surface area contributed by atoms with Crippen molar-refractivity contribution in [3.05, 3.63) is 72.4 Å². The van der Waals surface area contributed by atoms with Gasteiger partial charge in [0, 0.05) is 32.7 Å². The molecule has 0 bridgehead atoms. The third-order valence-corrected chi connectivity index (χ3v) is 4.64. The molecule has 1 heteroatoms. The Bertz CT molecular complexity index is 487. The quantitative estimate of drug-likeness (QED) is 0.426. The predicted octanol–water partition coefficient (Wildman–Crippen LogP) is 6.01. The third kappa shape index (κ3) is 6.35. The zero-order valence-corrected chi connectivity index (χ0v) is 16.7. The van der Waals surface area contributed by atoms with Crippen molar-refractivity contribution in [1.29, 1.82) is 0 Å². The SMILES string of the molecule is C=[C-]/C=C\C(=C)CCc1ccc(C2CCC(C)CC2)cc1.[Y]. The summed E-state index contributed by atoms with van der Waals surface area (Å²) < 4.78 is 0. The number of allylic oxidation sites excluding steroid dienone is 4. The Morgan fingerprint density at radius 3 is 2.41 bits per heavy atom. The van der Waals surface area contributed by atoms with Crippen molar-refractivity contribution >= 4 is 0 Å². The topological polar surface area (TPSA) is 0 Å². The Morgan fingerprint density at radius 1 is 1.18 bits per heavy atom. The van der Waals surface area contributed by atoms with Gasteiger partial charge in [0.05, 0.1) is 0 Å². The molecule has 1 radical (unpaired) electrons. The van der Waals surface area contributed by atoms with Crippen LogP contribution in [0.1, 0.15) is 56.1 Å². The van der Waals surface area contributed by atoms with Crippen molar-refractivity contribution in [1.82, 2.24) is 0 Å². The molecule has 1 aromatic carbocycles. The zero-order valence-electron chi connectivity index (χ0n) is 13.9. The van der Waals surface area contributed by atoms with Gasteiger partial charge in [0.2, 0.25) is 0 Å². The number of hydrogen-bond acceptors (Lipinski definition) is 0. The molecule has 0 amide bonds. The summed E-state index contributed by atoms with van der Waals surface area (Å²) in [6.45, 7) is 9.99. The summed E-state index contributed by atoms with van der Waals surface area (Å²) in [5.41, 5.74) is 4.07. The molecular weight excluding hydrogens is 341 g/mol. The molecule has 1 aliphatic carbocycles. The van der Waals surface area contributed by atoms with Gasteiger partial charge in [-0.25, -0.2) is 12.2 Å². The van der Waals surface area contributed by atoms with Crippen LogP contribution in [0, 0.1) is 12.0 Å². The fourth-order valence-corrected chi connectivity index (χ4v) is 3.11. The van der Waals surface area contributed by atoms with Crippen LogP contribution in [0.3, 0.4) is 0 Å². The van der Waals surface area contributed by atoms with Crippen molar-refractivity contribution in [3.63, 3.8) is 0 Å². The van der Waals surface area contributed by atoms with Crippen molar-refractivity contribution in [2.24, 2.45) is 5.92 Å². The maximum Gasteiger partial charge on any atom is 0 e. The van der Waals surface area contributed by atoms with Gasteiger partial charge in [-0.1, -0.05) is 44.0 Å². The predicted molar refractivity (Wildman–Crippen MR) is 92.3 cm³/mol. The average molecular weight is 368 g/mol. The summed E-state index contributed by atoms with van der Waals surface area (Å²) in [5.74, 6) is 1.71. The van der Waals surface area contributed by atoms with Crippen LogP contribution in [0.15, 0.2) is 55.1 Å². The van der Waals surface area contributed by atoms with Gasteiger partial charge in [0.25, 0.3) is 0 Å². The summed E-state index contributed by atoms with van der Waals surface area (Å²) >= 11 is 0.